The fraction of sp³-hybridized carbons (Fsp3) is 0.200. The van der Waals surface area contributed by atoms with Crippen LogP contribution in [-0.4, -0.2) is 5.11 Å². The lowest BCUT2D eigenvalue weighted by Crippen LogP contribution is -2.13. The second-order valence-corrected chi connectivity index (χ2v) is 5.40. The van der Waals surface area contributed by atoms with E-state index in [-0.39, 0.29) is 5.56 Å². The molecule has 0 fully saturated rings. The van der Waals surface area contributed by atoms with Crippen molar-refractivity contribution in [2.24, 2.45) is 0 Å². The quantitative estimate of drug-likeness (QED) is 0.824. The zero-order chi connectivity index (χ0) is 14.9. The number of aliphatic hydroxyl groups is 1. The molecule has 0 aliphatic heterocycles. The summed E-state index contributed by atoms with van der Waals surface area (Å²) in [4.78, 5) is 0. The second-order valence-electron chi connectivity index (χ2n) is 4.49. The molecule has 20 heavy (non-hydrogen) atoms. The number of halogens is 4. The summed E-state index contributed by atoms with van der Waals surface area (Å²) in [5.41, 5.74) is 0.244. The molecule has 0 radical (unpaired) electrons. The number of aliphatic hydroxyl groups excluding tert-OH is 1. The Kier molecular flexibility index (Phi) is 4.20. The van der Waals surface area contributed by atoms with Crippen LogP contribution in [0.1, 0.15) is 28.4 Å². The molecular formula is C15H12BrF3O. The maximum absolute atomic E-state index is 13.1. The van der Waals surface area contributed by atoms with Crippen LogP contribution < -0.4 is 0 Å². The van der Waals surface area contributed by atoms with Gasteiger partial charge in [0.2, 0.25) is 0 Å². The zero-order valence-electron chi connectivity index (χ0n) is 10.6. The van der Waals surface area contributed by atoms with Crippen LogP contribution in [0.4, 0.5) is 13.2 Å². The average molecular weight is 345 g/mol. The van der Waals surface area contributed by atoms with Gasteiger partial charge in [0.25, 0.3) is 0 Å². The van der Waals surface area contributed by atoms with Crippen molar-refractivity contribution in [1.82, 2.24) is 0 Å². The summed E-state index contributed by atoms with van der Waals surface area (Å²) in [7, 11) is 0. The Labute approximate surface area is 123 Å². The molecular weight excluding hydrogens is 333 g/mol. The first kappa shape index (κ1) is 15.1. The summed E-state index contributed by atoms with van der Waals surface area (Å²) >= 11 is 3.03. The molecule has 2 aromatic rings. The summed E-state index contributed by atoms with van der Waals surface area (Å²) < 4.78 is 39.5. The van der Waals surface area contributed by atoms with E-state index in [0.717, 1.165) is 11.6 Å². The first-order valence-electron chi connectivity index (χ1n) is 5.91. The van der Waals surface area contributed by atoms with E-state index < -0.39 is 17.8 Å². The lowest BCUT2D eigenvalue weighted by Gasteiger charge is -2.19. The monoisotopic (exact) mass is 344 g/mol. The van der Waals surface area contributed by atoms with Crippen molar-refractivity contribution in [2.75, 3.05) is 0 Å². The summed E-state index contributed by atoms with van der Waals surface area (Å²) in [6.07, 6.45) is -5.82. The Morgan fingerprint density at radius 2 is 1.70 bits per heavy atom. The maximum atomic E-state index is 13.1. The van der Waals surface area contributed by atoms with E-state index in [1.54, 1.807) is 31.2 Å². The number of hydrogen-bond acceptors (Lipinski definition) is 1. The Morgan fingerprint density at radius 3 is 2.30 bits per heavy atom. The number of hydrogen-bond donors (Lipinski definition) is 1. The standard InChI is InChI=1S/C15H12BrF3O/c1-9-4-2-3-5-11(9)14(20)12-7-6-10(16)8-13(12)15(17,18)19/h2-8,14,20H,1H3. The minimum atomic E-state index is -4.51. The van der Waals surface area contributed by atoms with Gasteiger partial charge < -0.3 is 5.11 Å². The lowest BCUT2D eigenvalue weighted by atomic mass is 9.94. The largest absolute Gasteiger partial charge is 0.416 e. The highest BCUT2D eigenvalue weighted by atomic mass is 79.9. The topological polar surface area (TPSA) is 20.2 Å². The Bertz CT molecular complexity index is 623. The predicted octanol–water partition coefficient (Wildman–Crippen LogP) is 4.86. The third-order valence-corrected chi connectivity index (χ3v) is 3.59. The van der Waals surface area contributed by atoms with Gasteiger partial charge in [-0.05, 0) is 35.7 Å². The van der Waals surface area contributed by atoms with Crippen LogP contribution in [0.5, 0.6) is 0 Å². The van der Waals surface area contributed by atoms with E-state index in [4.69, 9.17) is 0 Å². The predicted molar refractivity (Wildman–Crippen MR) is 74.4 cm³/mol. The van der Waals surface area contributed by atoms with Crippen molar-refractivity contribution in [3.63, 3.8) is 0 Å². The van der Waals surface area contributed by atoms with Crippen LogP contribution in [0.15, 0.2) is 46.9 Å². The number of alkyl halides is 3. The molecule has 0 spiro atoms. The Morgan fingerprint density at radius 1 is 1.05 bits per heavy atom. The number of benzene rings is 2. The van der Waals surface area contributed by atoms with Gasteiger partial charge in [0.05, 0.1) is 5.56 Å². The van der Waals surface area contributed by atoms with Crippen LogP contribution in [-0.2, 0) is 6.18 Å². The maximum Gasteiger partial charge on any atom is 0.416 e. The van der Waals surface area contributed by atoms with Crippen molar-refractivity contribution in [2.45, 2.75) is 19.2 Å². The SMILES string of the molecule is Cc1ccccc1C(O)c1ccc(Br)cc1C(F)(F)F. The van der Waals surface area contributed by atoms with Crippen LogP contribution in [0.3, 0.4) is 0 Å². The van der Waals surface area contributed by atoms with Gasteiger partial charge in [0, 0.05) is 4.47 Å². The van der Waals surface area contributed by atoms with Crippen LogP contribution >= 0.6 is 15.9 Å². The minimum absolute atomic E-state index is 0.144. The highest BCUT2D eigenvalue weighted by Gasteiger charge is 2.35. The molecule has 0 aliphatic carbocycles. The molecule has 2 rings (SSSR count). The molecule has 106 valence electrons. The van der Waals surface area contributed by atoms with E-state index in [0.29, 0.717) is 10.0 Å². The van der Waals surface area contributed by atoms with E-state index in [1.165, 1.54) is 12.1 Å². The molecule has 1 N–H and O–H groups in total. The van der Waals surface area contributed by atoms with Gasteiger partial charge in [0.15, 0.2) is 0 Å². The summed E-state index contributed by atoms with van der Waals surface area (Å²) in [6, 6.07) is 10.6. The molecule has 1 nitrogen and oxygen atoms in total. The van der Waals surface area contributed by atoms with Crippen molar-refractivity contribution < 1.29 is 18.3 Å². The van der Waals surface area contributed by atoms with E-state index >= 15 is 0 Å². The van der Waals surface area contributed by atoms with Gasteiger partial charge in [-0.1, -0.05) is 46.3 Å². The normalized spacial score (nSPS) is 13.3. The zero-order valence-corrected chi connectivity index (χ0v) is 12.2. The van der Waals surface area contributed by atoms with Crippen LogP contribution in [0.2, 0.25) is 0 Å². The molecule has 0 amide bonds. The number of rotatable bonds is 2. The van der Waals surface area contributed by atoms with Crippen LogP contribution in [0, 0.1) is 6.92 Å². The first-order valence-corrected chi connectivity index (χ1v) is 6.70. The fourth-order valence-electron chi connectivity index (χ4n) is 2.07. The summed E-state index contributed by atoms with van der Waals surface area (Å²) in [5, 5.41) is 10.3. The smallest absolute Gasteiger partial charge is 0.384 e. The van der Waals surface area contributed by atoms with Crippen LogP contribution in [0.25, 0.3) is 0 Å². The highest BCUT2D eigenvalue weighted by Crippen LogP contribution is 2.38. The third kappa shape index (κ3) is 3.04. The third-order valence-electron chi connectivity index (χ3n) is 3.10. The van der Waals surface area contributed by atoms with Crippen molar-refractivity contribution in [3.8, 4) is 0 Å². The summed E-state index contributed by atoms with van der Waals surface area (Å²) in [5.74, 6) is 0. The number of aryl methyl sites for hydroxylation is 1. The first-order chi connectivity index (χ1) is 9.30. The highest BCUT2D eigenvalue weighted by molar-refractivity contribution is 9.10. The molecule has 5 heteroatoms. The van der Waals surface area contributed by atoms with E-state index in [2.05, 4.69) is 15.9 Å². The van der Waals surface area contributed by atoms with Gasteiger partial charge in [-0.25, -0.2) is 0 Å². The van der Waals surface area contributed by atoms with Crippen molar-refractivity contribution >= 4 is 15.9 Å². The molecule has 0 heterocycles. The Hall–Kier alpha value is -1.33. The average Bonchev–Trinajstić information content (AvgIpc) is 2.37. The Balaban J connectivity index is 2.56. The van der Waals surface area contributed by atoms with Gasteiger partial charge in [-0.3, -0.25) is 0 Å². The molecule has 0 aliphatic rings. The van der Waals surface area contributed by atoms with E-state index in [9.17, 15) is 18.3 Å². The van der Waals surface area contributed by atoms with Crippen molar-refractivity contribution in [1.29, 1.82) is 0 Å². The minimum Gasteiger partial charge on any atom is -0.384 e. The lowest BCUT2D eigenvalue weighted by molar-refractivity contribution is -0.139. The van der Waals surface area contributed by atoms with Gasteiger partial charge in [0.1, 0.15) is 6.10 Å². The molecule has 1 atom stereocenters. The molecule has 2 aromatic carbocycles. The second kappa shape index (κ2) is 5.58. The molecule has 0 saturated heterocycles. The molecule has 0 bridgehead atoms. The molecule has 1 unspecified atom stereocenters. The van der Waals surface area contributed by atoms with Gasteiger partial charge in [-0.2, -0.15) is 13.2 Å². The van der Waals surface area contributed by atoms with Crippen molar-refractivity contribution in [3.05, 3.63) is 69.2 Å². The van der Waals surface area contributed by atoms with E-state index in [1.807, 2.05) is 0 Å². The molecule has 0 saturated carbocycles. The van der Waals surface area contributed by atoms with Gasteiger partial charge >= 0.3 is 6.18 Å². The summed E-state index contributed by atoms with van der Waals surface area (Å²) in [6.45, 7) is 1.75. The molecule has 0 aromatic heterocycles. The van der Waals surface area contributed by atoms with Gasteiger partial charge in [-0.15, -0.1) is 0 Å². The fourth-order valence-corrected chi connectivity index (χ4v) is 2.43.